The Kier molecular flexibility index (Phi) is 7.35. The van der Waals surface area contributed by atoms with E-state index in [1.54, 1.807) is 7.11 Å². The third-order valence-corrected chi connectivity index (χ3v) is 6.30. The van der Waals surface area contributed by atoms with Crippen LogP contribution in [0.4, 0.5) is 0 Å². The average Bonchev–Trinajstić information content (AvgIpc) is 3.29. The van der Waals surface area contributed by atoms with E-state index in [-0.39, 0.29) is 13.4 Å². The van der Waals surface area contributed by atoms with Crippen LogP contribution in [-0.2, 0) is 6.54 Å². The molecule has 35 heavy (non-hydrogen) atoms. The van der Waals surface area contributed by atoms with Crippen molar-refractivity contribution in [3.63, 3.8) is 0 Å². The van der Waals surface area contributed by atoms with Gasteiger partial charge in [0.05, 0.1) is 13.2 Å². The first kappa shape index (κ1) is 24.3. The normalized spacial score (nSPS) is 11.9. The number of amides is 1. The molecule has 1 amide bonds. The lowest BCUT2D eigenvalue weighted by Gasteiger charge is -2.17. The third-order valence-electron chi connectivity index (χ3n) is 6.30. The van der Waals surface area contributed by atoms with Gasteiger partial charge < -0.3 is 14.6 Å². The zero-order valence-corrected chi connectivity index (χ0v) is 21.1. The Morgan fingerprint density at radius 2 is 1.63 bits per heavy atom. The van der Waals surface area contributed by atoms with Gasteiger partial charge in [-0.15, -0.1) is 0 Å². The van der Waals surface area contributed by atoms with Crippen molar-refractivity contribution in [2.75, 3.05) is 7.11 Å². The second-order valence-electron chi connectivity index (χ2n) is 8.99. The second kappa shape index (κ2) is 10.6. The van der Waals surface area contributed by atoms with Crippen LogP contribution >= 0.6 is 0 Å². The molecule has 0 unspecified atom stereocenters. The topological polar surface area (TPSA) is 56.2 Å². The van der Waals surface area contributed by atoms with Crippen LogP contribution in [0.25, 0.3) is 22.6 Å². The number of nitrogens with zero attached hydrogens (tertiary/aromatic N) is 2. The summed E-state index contributed by atoms with van der Waals surface area (Å²) < 4.78 is 7.38. The molecule has 1 N–H and O–H groups in total. The average molecular weight is 470 g/mol. The van der Waals surface area contributed by atoms with E-state index in [0.29, 0.717) is 23.9 Å². The van der Waals surface area contributed by atoms with Crippen molar-refractivity contribution < 1.29 is 11.0 Å². The van der Waals surface area contributed by atoms with Crippen LogP contribution in [0.2, 0.25) is 0 Å². The molecule has 0 bridgehead atoms. The van der Waals surface area contributed by atoms with Crippen LogP contribution in [0.3, 0.4) is 0 Å². The number of hydrogen-bond donors (Lipinski definition) is 1. The Morgan fingerprint density at radius 3 is 2.31 bits per heavy atom. The van der Waals surface area contributed by atoms with Crippen molar-refractivity contribution in [2.45, 2.75) is 46.2 Å². The van der Waals surface area contributed by atoms with Gasteiger partial charge in [0, 0.05) is 19.1 Å². The number of methoxy groups -OCH3 is 1. The molecule has 1 heterocycles. The minimum Gasteiger partial charge on any atom is -0.497 e. The highest BCUT2D eigenvalue weighted by Crippen LogP contribution is 2.32. The number of carbonyl (C=O) groups excluding carboxylic acids is 1. The van der Waals surface area contributed by atoms with Crippen molar-refractivity contribution in [2.24, 2.45) is 0 Å². The monoisotopic (exact) mass is 469 g/mol. The highest BCUT2D eigenvalue weighted by atomic mass is 16.5. The van der Waals surface area contributed by atoms with Gasteiger partial charge in [0.15, 0.2) is 0 Å². The first-order chi connectivity index (χ1) is 16.9. The van der Waals surface area contributed by atoms with E-state index in [1.165, 1.54) is 5.56 Å². The molecule has 0 aliphatic heterocycles. The van der Waals surface area contributed by atoms with Gasteiger partial charge in [-0.25, -0.2) is 4.98 Å². The molecule has 0 radical (unpaired) electrons. The molecule has 4 rings (SSSR count). The lowest BCUT2D eigenvalue weighted by Crippen LogP contribution is -2.29. The molecule has 4 aromatic rings. The minimum atomic E-state index is -0.201. The number of hydrogen-bond acceptors (Lipinski definition) is 3. The summed E-state index contributed by atoms with van der Waals surface area (Å²) in [6.07, 6.45) is 0. The van der Waals surface area contributed by atoms with Crippen LogP contribution in [0, 0.1) is 0 Å². The van der Waals surface area contributed by atoms with Crippen molar-refractivity contribution in [3.05, 3.63) is 95.7 Å². The number of benzene rings is 3. The predicted octanol–water partition coefficient (Wildman–Crippen LogP) is 7.11. The maximum Gasteiger partial charge on any atom is 0.270 e. The molecule has 3 aromatic carbocycles. The predicted molar refractivity (Wildman–Crippen MR) is 144 cm³/mol. The summed E-state index contributed by atoms with van der Waals surface area (Å²) in [5.74, 6) is 1.78. The van der Waals surface area contributed by atoms with Crippen LogP contribution in [0.5, 0.6) is 5.75 Å². The zero-order chi connectivity index (χ0) is 24.9. The molecule has 0 aliphatic rings. The minimum absolute atomic E-state index is 0. The summed E-state index contributed by atoms with van der Waals surface area (Å²) in [6.45, 7) is 8.99. The van der Waals surface area contributed by atoms with Gasteiger partial charge in [0.25, 0.3) is 5.91 Å². The summed E-state index contributed by atoms with van der Waals surface area (Å²) in [4.78, 5) is 18.8. The molecule has 5 nitrogen and oxygen atoms in total. The molecular weight excluding hydrogens is 434 g/mol. The Hall–Kier alpha value is -3.86. The Balaban J connectivity index is 0.00000361. The molecule has 0 saturated heterocycles. The number of aromatic nitrogens is 2. The summed E-state index contributed by atoms with van der Waals surface area (Å²) in [7, 11) is 1.64. The molecule has 1 aromatic heterocycles. The van der Waals surface area contributed by atoms with E-state index in [0.717, 1.165) is 28.3 Å². The molecule has 5 heteroatoms. The summed E-state index contributed by atoms with van der Waals surface area (Å²) in [5, 5.41) is 3.20. The standard InChI is InChI=1S/C30H33N3O2.H2/c1-6-33-28(30(34)31-21(4)24-15-11-17-26(19-24)35-5)27(25-16-10-14-23(18-25)20(2)3)32-29(33)22-12-8-7-9-13-22;/h7-21H,6H2,1-5H3,(H,31,34);1H/t21-;/m1./s1. The number of imidazole rings is 1. The van der Waals surface area contributed by atoms with Gasteiger partial charge in [-0.1, -0.05) is 74.5 Å². The number of rotatable bonds is 8. The quantitative estimate of drug-likeness (QED) is 0.299. The van der Waals surface area contributed by atoms with E-state index < -0.39 is 0 Å². The highest BCUT2D eigenvalue weighted by Gasteiger charge is 2.25. The fourth-order valence-corrected chi connectivity index (χ4v) is 4.30. The molecule has 0 fully saturated rings. The fourth-order valence-electron chi connectivity index (χ4n) is 4.30. The van der Waals surface area contributed by atoms with Gasteiger partial charge in [-0.2, -0.15) is 0 Å². The maximum absolute atomic E-state index is 13.8. The van der Waals surface area contributed by atoms with Crippen molar-refractivity contribution >= 4 is 5.91 Å². The molecular formula is C30H35N3O2. The van der Waals surface area contributed by atoms with Crippen LogP contribution < -0.4 is 10.1 Å². The van der Waals surface area contributed by atoms with Crippen molar-refractivity contribution in [3.8, 4) is 28.4 Å². The molecule has 0 saturated carbocycles. The summed E-state index contributed by atoms with van der Waals surface area (Å²) >= 11 is 0. The molecule has 182 valence electrons. The largest absolute Gasteiger partial charge is 0.497 e. The lowest BCUT2D eigenvalue weighted by atomic mass is 9.99. The number of carbonyl (C=O) groups is 1. The smallest absolute Gasteiger partial charge is 0.270 e. The number of nitrogens with one attached hydrogen (secondary N) is 1. The first-order valence-electron chi connectivity index (χ1n) is 12.1. The zero-order valence-electron chi connectivity index (χ0n) is 21.1. The maximum atomic E-state index is 13.8. The Morgan fingerprint density at radius 1 is 0.943 bits per heavy atom. The third kappa shape index (κ3) is 5.14. The van der Waals surface area contributed by atoms with E-state index in [4.69, 9.17) is 9.72 Å². The first-order valence-corrected chi connectivity index (χ1v) is 12.1. The van der Waals surface area contributed by atoms with Gasteiger partial charge in [-0.3, -0.25) is 4.79 Å². The van der Waals surface area contributed by atoms with E-state index in [9.17, 15) is 4.79 Å². The lowest BCUT2D eigenvalue weighted by molar-refractivity contribution is 0.0931. The van der Waals surface area contributed by atoms with E-state index in [1.807, 2.05) is 85.1 Å². The van der Waals surface area contributed by atoms with Crippen LogP contribution in [0.1, 0.15) is 62.7 Å². The summed E-state index contributed by atoms with van der Waals surface area (Å²) in [6, 6.07) is 25.9. The fraction of sp³-hybridized carbons (Fsp3) is 0.267. The van der Waals surface area contributed by atoms with Crippen molar-refractivity contribution in [1.82, 2.24) is 14.9 Å². The van der Waals surface area contributed by atoms with Crippen molar-refractivity contribution in [1.29, 1.82) is 0 Å². The number of ether oxygens (including phenoxy) is 1. The molecule has 1 atom stereocenters. The van der Waals surface area contributed by atoms with E-state index >= 15 is 0 Å². The van der Waals surface area contributed by atoms with Crippen LogP contribution in [-0.4, -0.2) is 22.6 Å². The van der Waals surface area contributed by atoms with Gasteiger partial charge in [0.2, 0.25) is 0 Å². The van der Waals surface area contributed by atoms with E-state index in [2.05, 4.69) is 31.3 Å². The van der Waals surface area contributed by atoms with Gasteiger partial charge in [0.1, 0.15) is 23.0 Å². The van der Waals surface area contributed by atoms with Gasteiger partial charge in [-0.05, 0) is 49.1 Å². The highest BCUT2D eigenvalue weighted by molar-refractivity contribution is 5.99. The second-order valence-corrected chi connectivity index (χ2v) is 8.99. The Bertz CT molecular complexity index is 1320. The van der Waals surface area contributed by atoms with Crippen LogP contribution in [0.15, 0.2) is 78.9 Å². The molecule has 0 spiro atoms. The SMILES string of the molecule is CCn1c(-c2ccccc2)nc(-c2cccc(C(C)C)c2)c1C(=O)N[C@H](C)c1cccc(OC)c1.[HH]. The Labute approximate surface area is 209 Å². The molecule has 0 aliphatic carbocycles. The van der Waals surface area contributed by atoms with Gasteiger partial charge >= 0.3 is 0 Å². The summed E-state index contributed by atoms with van der Waals surface area (Å²) in [5.41, 5.74) is 5.39.